The summed E-state index contributed by atoms with van der Waals surface area (Å²) in [4.78, 5) is 38.5. The van der Waals surface area contributed by atoms with E-state index in [0.717, 1.165) is 5.56 Å². The van der Waals surface area contributed by atoms with Gasteiger partial charge in [-0.25, -0.2) is 9.97 Å². The van der Waals surface area contributed by atoms with E-state index in [9.17, 15) is 14.7 Å². The molecule has 9 nitrogen and oxygen atoms in total. The lowest BCUT2D eigenvalue weighted by molar-refractivity contribution is -0.123. The van der Waals surface area contributed by atoms with Crippen LogP contribution in [-0.2, 0) is 11.3 Å². The van der Waals surface area contributed by atoms with Gasteiger partial charge in [-0.15, -0.1) is 0 Å². The van der Waals surface area contributed by atoms with E-state index < -0.39 is 6.04 Å². The Labute approximate surface area is 229 Å². The molecule has 196 valence electrons. The fourth-order valence-corrected chi connectivity index (χ4v) is 4.95. The van der Waals surface area contributed by atoms with Crippen LogP contribution in [0.2, 0.25) is 10.0 Å². The summed E-state index contributed by atoms with van der Waals surface area (Å²) in [5, 5.41) is 14.9. The minimum atomic E-state index is -0.459. The molecule has 0 saturated carbocycles. The smallest absolute Gasteiger partial charge is 0.256 e. The van der Waals surface area contributed by atoms with Crippen LogP contribution in [0.15, 0.2) is 67.1 Å². The molecule has 2 amide bonds. The van der Waals surface area contributed by atoms with Gasteiger partial charge in [-0.1, -0.05) is 41.4 Å². The molecule has 2 aromatic carbocycles. The molecule has 0 aliphatic carbocycles. The first-order valence-electron chi connectivity index (χ1n) is 12.2. The summed E-state index contributed by atoms with van der Waals surface area (Å²) in [6.07, 6.45) is 4.98. The highest BCUT2D eigenvalue weighted by Crippen LogP contribution is 2.28. The molecule has 1 atom stereocenters. The van der Waals surface area contributed by atoms with E-state index in [4.69, 9.17) is 23.2 Å². The first-order chi connectivity index (χ1) is 18.4. The summed E-state index contributed by atoms with van der Waals surface area (Å²) < 4.78 is 1.74. The predicted octanol–water partition coefficient (Wildman–Crippen LogP) is 3.16. The molecule has 4 aromatic rings. The Morgan fingerprint density at radius 2 is 1.76 bits per heavy atom. The quantitative estimate of drug-likeness (QED) is 0.365. The van der Waals surface area contributed by atoms with Crippen LogP contribution in [0.1, 0.15) is 15.9 Å². The highest BCUT2D eigenvalue weighted by atomic mass is 35.5. The van der Waals surface area contributed by atoms with Gasteiger partial charge in [-0.2, -0.15) is 0 Å². The van der Waals surface area contributed by atoms with E-state index in [1.165, 1.54) is 0 Å². The van der Waals surface area contributed by atoms with Crippen LogP contribution < -0.4 is 5.32 Å². The minimum absolute atomic E-state index is 0.126. The van der Waals surface area contributed by atoms with Crippen molar-refractivity contribution >= 4 is 45.9 Å². The van der Waals surface area contributed by atoms with Crippen molar-refractivity contribution in [3.05, 3.63) is 88.3 Å². The number of fused-ring (bicyclic) bond motifs is 1. The second kappa shape index (κ2) is 11.5. The van der Waals surface area contributed by atoms with Gasteiger partial charge in [-0.3, -0.25) is 19.1 Å². The molecule has 0 radical (unpaired) electrons. The first kappa shape index (κ1) is 26.1. The molecule has 1 saturated heterocycles. The third-order valence-corrected chi connectivity index (χ3v) is 7.06. The Morgan fingerprint density at radius 1 is 1.03 bits per heavy atom. The molecule has 1 aliphatic heterocycles. The van der Waals surface area contributed by atoms with Gasteiger partial charge in [-0.05, 0) is 35.9 Å². The Morgan fingerprint density at radius 3 is 2.50 bits per heavy atom. The summed E-state index contributed by atoms with van der Waals surface area (Å²) in [7, 11) is 0. The highest BCUT2D eigenvalue weighted by molar-refractivity contribution is 6.31. The topological polar surface area (TPSA) is 104 Å². The van der Waals surface area contributed by atoms with Crippen LogP contribution >= 0.6 is 23.2 Å². The van der Waals surface area contributed by atoms with Crippen molar-refractivity contribution in [2.24, 2.45) is 0 Å². The maximum absolute atomic E-state index is 13.7. The van der Waals surface area contributed by atoms with Crippen LogP contribution in [-0.4, -0.2) is 80.1 Å². The molecule has 2 aromatic heterocycles. The van der Waals surface area contributed by atoms with Crippen molar-refractivity contribution in [3.63, 3.8) is 0 Å². The van der Waals surface area contributed by atoms with Crippen LogP contribution in [0.3, 0.4) is 0 Å². The number of benzene rings is 2. The maximum Gasteiger partial charge on any atom is 0.256 e. The van der Waals surface area contributed by atoms with Crippen LogP contribution in [0.25, 0.3) is 16.9 Å². The fraction of sp³-hybridized carbons (Fsp3) is 0.259. The van der Waals surface area contributed by atoms with Gasteiger partial charge in [0.1, 0.15) is 0 Å². The van der Waals surface area contributed by atoms with Gasteiger partial charge < -0.3 is 15.3 Å². The summed E-state index contributed by atoms with van der Waals surface area (Å²) >= 11 is 12.2. The minimum Gasteiger partial charge on any atom is -0.394 e. The molecule has 0 unspecified atom stereocenters. The van der Waals surface area contributed by atoms with E-state index in [1.54, 1.807) is 64.5 Å². The second-order valence-corrected chi connectivity index (χ2v) is 9.97. The van der Waals surface area contributed by atoms with Crippen molar-refractivity contribution in [1.82, 2.24) is 29.7 Å². The Hall–Kier alpha value is -3.50. The van der Waals surface area contributed by atoms with Crippen molar-refractivity contribution in [2.45, 2.75) is 12.6 Å². The number of rotatable bonds is 7. The van der Waals surface area contributed by atoms with Crippen molar-refractivity contribution < 1.29 is 14.7 Å². The summed E-state index contributed by atoms with van der Waals surface area (Å²) in [6.45, 7) is 1.61. The molecular weight excluding hydrogens is 527 g/mol. The number of hydrogen-bond donors (Lipinski definition) is 2. The largest absolute Gasteiger partial charge is 0.394 e. The van der Waals surface area contributed by atoms with E-state index in [1.807, 2.05) is 17.0 Å². The van der Waals surface area contributed by atoms with Gasteiger partial charge in [0.15, 0.2) is 0 Å². The molecule has 5 rings (SSSR count). The number of carbonyl (C=O) groups is 2. The molecule has 11 heteroatoms. The standard InChI is InChI=1S/C27H26Cl2N6O3/c28-19-4-2-18(3-5-19)13-32-25(37)16-33-10-11-34(21(14-33)17-36)26(38)23-15-35(27-30-8-1-9-31-27)24-12-20(29)6-7-22(23)24/h1-9,12,15,21,36H,10-11,13-14,16-17H2,(H,32,37)/t21-/m0/s1. The van der Waals surface area contributed by atoms with E-state index in [0.29, 0.717) is 58.6 Å². The molecule has 0 bridgehead atoms. The average molecular weight is 553 g/mol. The lowest BCUT2D eigenvalue weighted by Gasteiger charge is -2.40. The van der Waals surface area contributed by atoms with Crippen LogP contribution in [0, 0.1) is 0 Å². The Kier molecular flexibility index (Phi) is 7.90. The van der Waals surface area contributed by atoms with Crippen molar-refractivity contribution in [3.8, 4) is 5.95 Å². The van der Waals surface area contributed by atoms with Gasteiger partial charge >= 0.3 is 0 Å². The number of amides is 2. The maximum atomic E-state index is 13.7. The fourth-order valence-electron chi connectivity index (χ4n) is 4.66. The molecule has 1 aliphatic rings. The molecule has 1 fully saturated rings. The van der Waals surface area contributed by atoms with Crippen LogP contribution in [0.4, 0.5) is 0 Å². The van der Waals surface area contributed by atoms with Crippen molar-refractivity contribution in [2.75, 3.05) is 32.8 Å². The summed E-state index contributed by atoms with van der Waals surface area (Å²) in [5.74, 6) is 0.0871. The zero-order valence-corrected chi connectivity index (χ0v) is 21.9. The van der Waals surface area contributed by atoms with E-state index in [-0.39, 0.29) is 25.0 Å². The lowest BCUT2D eigenvalue weighted by atomic mass is 10.1. The number of nitrogens with one attached hydrogen (secondary N) is 1. The number of hydrogen-bond acceptors (Lipinski definition) is 6. The van der Waals surface area contributed by atoms with Gasteiger partial charge in [0, 0.05) is 60.2 Å². The third-order valence-electron chi connectivity index (χ3n) is 6.57. The van der Waals surface area contributed by atoms with Crippen molar-refractivity contribution in [1.29, 1.82) is 0 Å². The number of piperazine rings is 1. The van der Waals surface area contributed by atoms with Gasteiger partial charge in [0.05, 0.1) is 30.3 Å². The van der Waals surface area contributed by atoms with E-state index >= 15 is 0 Å². The van der Waals surface area contributed by atoms with Crippen LogP contribution in [0.5, 0.6) is 0 Å². The average Bonchev–Trinajstić information content (AvgIpc) is 3.31. The molecule has 0 spiro atoms. The monoisotopic (exact) mass is 552 g/mol. The van der Waals surface area contributed by atoms with Gasteiger partial charge in [0.2, 0.25) is 11.9 Å². The highest BCUT2D eigenvalue weighted by Gasteiger charge is 2.33. The predicted molar refractivity (Wildman–Crippen MR) is 146 cm³/mol. The molecule has 3 heterocycles. The molecule has 2 N–H and O–H groups in total. The zero-order chi connectivity index (χ0) is 26.6. The number of carbonyl (C=O) groups excluding carboxylic acids is 2. The molecule has 38 heavy (non-hydrogen) atoms. The number of aromatic nitrogens is 3. The first-order valence-corrected chi connectivity index (χ1v) is 12.9. The number of aliphatic hydroxyl groups excluding tert-OH is 1. The lowest BCUT2D eigenvalue weighted by Crippen LogP contribution is -2.57. The summed E-state index contributed by atoms with van der Waals surface area (Å²) in [6, 6.07) is 13.9. The zero-order valence-electron chi connectivity index (χ0n) is 20.4. The Balaban J connectivity index is 1.29. The third kappa shape index (κ3) is 5.66. The SMILES string of the molecule is O=C(CN1CCN(C(=O)c2cn(-c3ncccn3)c3cc(Cl)ccc23)[C@H](CO)C1)NCc1ccc(Cl)cc1. The molecular formula is C27H26Cl2N6O3. The van der Waals surface area contributed by atoms with E-state index in [2.05, 4.69) is 15.3 Å². The second-order valence-electron chi connectivity index (χ2n) is 9.10. The number of aliphatic hydroxyl groups is 1. The number of halogens is 2. The van der Waals surface area contributed by atoms with Gasteiger partial charge in [0.25, 0.3) is 5.91 Å². The normalized spacial score (nSPS) is 16.1. The summed E-state index contributed by atoms with van der Waals surface area (Å²) in [5.41, 5.74) is 2.13. The number of nitrogens with zero attached hydrogens (tertiary/aromatic N) is 5. The Bertz CT molecular complexity index is 1440.